The number of aromatic amines is 1. The Balaban J connectivity index is 1.67. The van der Waals surface area contributed by atoms with Crippen molar-refractivity contribution in [2.45, 2.75) is 17.8 Å². The lowest BCUT2D eigenvalue weighted by atomic mass is 10.1. The number of halogens is 1. The number of nitrogens with zero attached hydrogens (tertiary/aromatic N) is 2. The summed E-state index contributed by atoms with van der Waals surface area (Å²) in [6, 6.07) is 24.1. The van der Waals surface area contributed by atoms with Crippen LogP contribution in [0.15, 0.2) is 95.0 Å². The Labute approximate surface area is 188 Å². The van der Waals surface area contributed by atoms with Gasteiger partial charge in [0.05, 0.1) is 5.69 Å². The number of benzene rings is 3. The fourth-order valence-electron chi connectivity index (χ4n) is 3.70. The summed E-state index contributed by atoms with van der Waals surface area (Å²) in [5.41, 5.74) is 5.62. The Bertz CT molecular complexity index is 1460. The van der Waals surface area contributed by atoms with Crippen molar-refractivity contribution in [3.63, 3.8) is 0 Å². The topological polar surface area (TPSA) is 50.7 Å². The second-order valence-electron chi connectivity index (χ2n) is 7.58. The van der Waals surface area contributed by atoms with Crippen LogP contribution in [-0.2, 0) is 5.75 Å². The molecule has 0 fully saturated rings. The SMILES string of the molecule is Cc1cccc(-n2c(SCc3ccc(F)cc3)nc3c(-c4ccccc4)c[nH]c3c2=O)c1. The van der Waals surface area contributed by atoms with Crippen molar-refractivity contribution in [2.75, 3.05) is 0 Å². The highest BCUT2D eigenvalue weighted by molar-refractivity contribution is 7.98. The van der Waals surface area contributed by atoms with Gasteiger partial charge in [0.15, 0.2) is 5.16 Å². The lowest BCUT2D eigenvalue weighted by Crippen LogP contribution is -2.22. The third-order valence-electron chi connectivity index (χ3n) is 5.29. The van der Waals surface area contributed by atoms with Gasteiger partial charge in [0.1, 0.15) is 16.9 Å². The molecule has 0 aliphatic rings. The first-order chi connectivity index (χ1) is 15.6. The number of H-pyrrole nitrogens is 1. The number of fused-ring (bicyclic) bond motifs is 1. The molecule has 4 nitrogen and oxygen atoms in total. The maximum atomic E-state index is 13.6. The van der Waals surface area contributed by atoms with Crippen molar-refractivity contribution in [1.82, 2.24) is 14.5 Å². The minimum atomic E-state index is -0.269. The number of aromatic nitrogens is 3. The van der Waals surface area contributed by atoms with Gasteiger partial charge in [0.25, 0.3) is 5.56 Å². The number of hydrogen-bond donors (Lipinski definition) is 1. The second-order valence-corrected chi connectivity index (χ2v) is 8.52. The van der Waals surface area contributed by atoms with Crippen LogP contribution in [0.4, 0.5) is 4.39 Å². The van der Waals surface area contributed by atoms with Gasteiger partial charge in [0.2, 0.25) is 0 Å². The van der Waals surface area contributed by atoms with E-state index in [0.29, 0.717) is 21.9 Å². The van der Waals surface area contributed by atoms with Crippen molar-refractivity contribution in [1.29, 1.82) is 0 Å². The summed E-state index contributed by atoms with van der Waals surface area (Å²) in [6.45, 7) is 1.99. The fraction of sp³-hybridized carbons (Fsp3) is 0.0769. The van der Waals surface area contributed by atoms with E-state index in [1.54, 1.807) is 16.7 Å². The van der Waals surface area contributed by atoms with Gasteiger partial charge in [-0.3, -0.25) is 9.36 Å². The maximum absolute atomic E-state index is 13.6. The van der Waals surface area contributed by atoms with Crippen LogP contribution in [0.3, 0.4) is 0 Å². The Hall–Kier alpha value is -3.64. The molecule has 0 atom stereocenters. The molecule has 0 unspecified atom stereocenters. The average molecular weight is 442 g/mol. The monoisotopic (exact) mass is 441 g/mol. The van der Waals surface area contributed by atoms with E-state index in [1.807, 2.05) is 67.7 Å². The molecule has 0 saturated carbocycles. The van der Waals surface area contributed by atoms with E-state index in [1.165, 1.54) is 23.9 Å². The summed E-state index contributed by atoms with van der Waals surface area (Å²) in [6.07, 6.45) is 1.84. The molecule has 3 aromatic carbocycles. The van der Waals surface area contributed by atoms with E-state index in [4.69, 9.17) is 4.98 Å². The molecule has 2 heterocycles. The predicted molar refractivity (Wildman–Crippen MR) is 128 cm³/mol. The fourth-order valence-corrected chi connectivity index (χ4v) is 4.66. The zero-order valence-electron chi connectivity index (χ0n) is 17.4. The molecule has 0 bridgehead atoms. The summed E-state index contributed by atoms with van der Waals surface area (Å²) < 4.78 is 15.0. The first kappa shape index (κ1) is 20.3. The van der Waals surface area contributed by atoms with Crippen LogP contribution in [0.5, 0.6) is 0 Å². The van der Waals surface area contributed by atoms with Gasteiger partial charge in [0, 0.05) is 17.5 Å². The standard InChI is InChI=1S/C26H20FN3OS/c1-17-6-5-9-21(14-17)30-25(31)24-23(22(15-28-24)19-7-3-2-4-8-19)29-26(30)32-16-18-10-12-20(27)13-11-18/h2-15,28H,16H2,1H3. The first-order valence-electron chi connectivity index (χ1n) is 10.2. The van der Waals surface area contributed by atoms with Gasteiger partial charge < -0.3 is 4.98 Å². The number of thioether (sulfide) groups is 1. The van der Waals surface area contributed by atoms with Gasteiger partial charge in [-0.1, -0.05) is 66.4 Å². The van der Waals surface area contributed by atoms with E-state index in [9.17, 15) is 9.18 Å². The van der Waals surface area contributed by atoms with E-state index in [0.717, 1.165) is 27.9 Å². The summed E-state index contributed by atoms with van der Waals surface area (Å²) in [5.74, 6) is 0.296. The third kappa shape index (κ3) is 3.85. The molecule has 5 aromatic rings. The lowest BCUT2D eigenvalue weighted by molar-refractivity contribution is 0.627. The number of nitrogens with one attached hydrogen (secondary N) is 1. The molecule has 0 amide bonds. The van der Waals surface area contributed by atoms with Crippen molar-refractivity contribution in [3.05, 3.63) is 112 Å². The van der Waals surface area contributed by atoms with Gasteiger partial charge >= 0.3 is 0 Å². The molecule has 1 N–H and O–H groups in total. The zero-order valence-corrected chi connectivity index (χ0v) is 18.2. The molecule has 6 heteroatoms. The Kier molecular flexibility index (Phi) is 5.37. The third-order valence-corrected chi connectivity index (χ3v) is 6.30. The number of rotatable bonds is 5. The van der Waals surface area contributed by atoms with Gasteiger partial charge in [-0.2, -0.15) is 0 Å². The second kappa shape index (κ2) is 8.48. The molecule has 2 aromatic heterocycles. The summed E-state index contributed by atoms with van der Waals surface area (Å²) in [4.78, 5) is 21.7. The molecule has 0 radical (unpaired) electrons. The van der Waals surface area contributed by atoms with Crippen LogP contribution in [-0.4, -0.2) is 14.5 Å². The summed E-state index contributed by atoms with van der Waals surface area (Å²) in [7, 11) is 0. The van der Waals surface area contributed by atoms with Gasteiger partial charge in [-0.25, -0.2) is 9.37 Å². The van der Waals surface area contributed by atoms with Crippen LogP contribution in [0.25, 0.3) is 27.8 Å². The Morgan fingerprint density at radius 2 is 1.78 bits per heavy atom. The maximum Gasteiger partial charge on any atom is 0.283 e. The molecule has 0 aliphatic heterocycles. The normalized spacial score (nSPS) is 11.2. The highest BCUT2D eigenvalue weighted by Crippen LogP contribution is 2.30. The molecular weight excluding hydrogens is 421 g/mol. The number of hydrogen-bond acceptors (Lipinski definition) is 3. The van der Waals surface area contributed by atoms with Crippen molar-refractivity contribution < 1.29 is 4.39 Å². The summed E-state index contributed by atoms with van der Waals surface area (Å²) >= 11 is 1.46. The molecule has 0 aliphatic carbocycles. The van der Waals surface area contributed by atoms with Crippen LogP contribution >= 0.6 is 11.8 Å². The van der Waals surface area contributed by atoms with Crippen molar-refractivity contribution in [2.24, 2.45) is 0 Å². The van der Waals surface area contributed by atoms with Crippen LogP contribution in [0.1, 0.15) is 11.1 Å². The van der Waals surface area contributed by atoms with Gasteiger partial charge in [-0.05, 0) is 47.9 Å². The quantitative estimate of drug-likeness (QED) is 0.264. The molecule has 5 rings (SSSR count). The molecule has 32 heavy (non-hydrogen) atoms. The first-order valence-corrected chi connectivity index (χ1v) is 11.2. The highest BCUT2D eigenvalue weighted by atomic mass is 32.2. The smallest absolute Gasteiger partial charge is 0.283 e. The number of aryl methyl sites for hydroxylation is 1. The van der Waals surface area contributed by atoms with Crippen LogP contribution in [0.2, 0.25) is 0 Å². The van der Waals surface area contributed by atoms with E-state index < -0.39 is 0 Å². The van der Waals surface area contributed by atoms with Crippen molar-refractivity contribution in [3.8, 4) is 16.8 Å². The summed E-state index contributed by atoms with van der Waals surface area (Å²) in [5, 5.41) is 0.592. The van der Waals surface area contributed by atoms with E-state index in [2.05, 4.69) is 4.98 Å². The Morgan fingerprint density at radius 3 is 2.53 bits per heavy atom. The van der Waals surface area contributed by atoms with Crippen LogP contribution in [0, 0.1) is 12.7 Å². The minimum absolute atomic E-state index is 0.149. The zero-order chi connectivity index (χ0) is 22.1. The lowest BCUT2D eigenvalue weighted by Gasteiger charge is -2.13. The minimum Gasteiger partial charge on any atom is -0.355 e. The van der Waals surface area contributed by atoms with Gasteiger partial charge in [-0.15, -0.1) is 0 Å². The largest absolute Gasteiger partial charge is 0.355 e. The molecule has 158 valence electrons. The van der Waals surface area contributed by atoms with E-state index >= 15 is 0 Å². The van der Waals surface area contributed by atoms with Crippen LogP contribution < -0.4 is 5.56 Å². The molecule has 0 spiro atoms. The Morgan fingerprint density at radius 1 is 1.00 bits per heavy atom. The molecular formula is C26H20FN3OS. The molecule has 0 saturated heterocycles. The highest BCUT2D eigenvalue weighted by Gasteiger charge is 2.18. The predicted octanol–water partition coefficient (Wildman–Crippen LogP) is 6.12. The average Bonchev–Trinajstić information content (AvgIpc) is 3.24. The van der Waals surface area contributed by atoms with Crippen molar-refractivity contribution >= 4 is 22.8 Å². The van der Waals surface area contributed by atoms with E-state index in [-0.39, 0.29) is 11.4 Å².